The lowest BCUT2D eigenvalue weighted by molar-refractivity contribution is 0.100. The minimum atomic E-state index is -0.520. The maximum atomic E-state index is 14.5. The SMILES string of the molecule is NC(=O)c1ccccc1-c1ccc(N2CCOCC2)c(F)c1. The molecule has 0 aromatic heterocycles. The predicted octanol–water partition coefficient (Wildman–Crippen LogP) is 2.43. The normalized spacial score (nSPS) is 14.9. The summed E-state index contributed by atoms with van der Waals surface area (Å²) in [5.41, 5.74) is 7.61. The van der Waals surface area contributed by atoms with Crippen LogP contribution >= 0.6 is 0 Å². The highest BCUT2D eigenvalue weighted by molar-refractivity contribution is 5.99. The van der Waals surface area contributed by atoms with E-state index in [0.29, 0.717) is 48.7 Å². The molecule has 1 fully saturated rings. The van der Waals surface area contributed by atoms with Crippen molar-refractivity contribution in [2.75, 3.05) is 31.2 Å². The van der Waals surface area contributed by atoms with Crippen LogP contribution in [0.3, 0.4) is 0 Å². The Morgan fingerprint density at radius 2 is 1.86 bits per heavy atom. The molecule has 3 rings (SSSR count). The summed E-state index contributed by atoms with van der Waals surface area (Å²) in [5, 5.41) is 0. The van der Waals surface area contributed by atoms with Gasteiger partial charge in [0.1, 0.15) is 5.82 Å². The Labute approximate surface area is 128 Å². The summed E-state index contributed by atoms with van der Waals surface area (Å²) in [6.07, 6.45) is 0. The summed E-state index contributed by atoms with van der Waals surface area (Å²) in [5.74, 6) is -0.827. The van der Waals surface area contributed by atoms with Crippen LogP contribution in [-0.2, 0) is 4.74 Å². The maximum Gasteiger partial charge on any atom is 0.249 e. The molecular formula is C17H17FN2O2. The Bertz CT molecular complexity index is 697. The molecule has 2 N–H and O–H groups in total. The maximum absolute atomic E-state index is 14.5. The zero-order chi connectivity index (χ0) is 15.5. The number of amides is 1. The third-order valence-electron chi connectivity index (χ3n) is 3.80. The number of halogens is 1. The number of carbonyl (C=O) groups is 1. The highest BCUT2D eigenvalue weighted by atomic mass is 19.1. The Morgan fingerprint density at radius 3 is 2.55 bits per heavy atom. The molecule has 1 saturated heterocycles. The lowest BCUT2D eigenvalue weighted by atomic mass is 9.98. The highest BCUT2D eigenvalue weighted by Crippen LogP contribution is 2.29. The van der Waals surface area contributed by atoms with Crippen molar-refractivity contribution in [2.24, 2.45) is 5.73 Å². The van der Waals surface area contributed by atoms with Crippen LogP contribution in [0.15, 0.2) is 42.5 Å². The molecule has 5 heteroatoms. The van der Waals surface area contributed by atoms with Crippen LogP contribution in [0.2, 0.25) is 0 Å². The third-order valence-corrected chi connectivity index (χ3v) is 3.80. The van der Waals surface area contributed by atoms with E-state index in [4.69, 9.17) is 10.5 Å². The summed E-state index contributed by atoms with van der Waals surface area (Å²) in [7, 11) is 0. The zero-order valence-corrected chi connectivity index (χ0v) is 12.1. The van der Waals surface area contributed by atoms with Gasteiger partial charge in [-0.3, -0.25) is 4.79 Å². The number of morpholine rings is 1. The topological polar surface area (TPSA) is 55.6 Å². The number of nitrogens with zero attached hydrogens (tertiary/aromatic N) is 1. The summed E-state index contributed by atoms with van der Waals surface area (Å²) in [4.78, 5) is 13.5. The number of rotatable bonds is 3. The number of nitrogens with two attached hydrogens (primary N) is 1. The van der Waals surface area contributed by atoms with Crippen molar-refractivity contribution in [3.8, 4) is 11.1 Å². The molecule has 1 amide bonds. The van der Waals surface area contributed by atoms with Crippen LogP contribution in [0.1, 0.15) is 10.4 Å². The van der Waals surface area contributed by atoms with Crippen LogP contribution in [0.5, 0.6) is 0 Å². The van der Waals surface area contributed by atoms with Crippen LogP contribution in [-0.4, -0.2) is 32.2 Å². The Hall–Kier alpha value is -2.40. The summed E-state index contributed by atoms with van der Waals surface area (Å²) < 4.78 is 19.7. The highest BCUT2D eigenvalue weighted by Gasteiger charge is 2.17. The average Bonchev–Trinajstić information content (AvgIpc) is 2.55. The van der Waals surface area contributed by atoms with Crippen LogP contribution in [0.4, 0.5) is 10.1 Å². The molecule has 0 aliphatic carbocycles. The van der Waals surface area contributed by atoms with Gasteiger partial charge in [0.05, 0.1) is 18.9 Å². The second-order valence-electron chi connectivity index (χ2n) is 5.18. The first-order chi connectivity index (χ1) is 10.7. The number of hydrogen-bond donors (Lipinski definition) is 1. The van der Waals surface area contributed by atoms with Crippen LogP contribution in [0.25, 0.3) is 11.1 Å². The Kier molecular flexibility index (Phi) is 4.06. The lowest BCUT2D eigenvalue weighted by Gasteiger charge is -2.29. The van der Waals surface area contributed by atoms with Gasteiger partial charge in [-0.25, -0.2) is 4.39 Å². The molecule has 0 spiro atoms. The van der Waals surface area contributed by atoms with Crippen molar-refractivity contribution in [1.29, 1.82) is 0 Å². The quantitative estimate of drug-likeness (QED) is 0.947. The fraction of sp³-hybridized carbons (Fsp3) is 0.235. The summed E-state index contributed by atoms with van der Waals surface area (Å²) in [6.45, 7) is 2.56. The molecule has 1 heterocycles. The summed E-state index contributed by atoms with van der Waals surface area (Å²) in [6, 6.07) is 12.0. The Balaban J connectivity index is 1.97. The Morgan fingerprint density at radius 1 is 1.14 bits per heavy atom. The summed E-state index contributed by atoms with van der Waals surface area (Å²) >= 11 is 0. The van der Waals surface area contributed by atoms with Gasteiger partial charge in [-0.05, 0) is 29.3 Å². The molecule has 0 saturated carbocycles. The monoisotopic (exact) mass is 300 g/mol. The number of primary amides is 1. The van der Waals surface area contributed by atoms with E-state index in [2.05, 4.69) is 0 Å². The van der Waals surface area contributed by atoms with Crippen molar-refractivity contribution >= 4 is 11.6 Å². The van der Waals surface area contributed by atoms with Gasteiger partial charge in [-0.15, -0.1) is 0 Å². The van der Waals surface area contributed by atoms with Crippen LogP contribution in [0, 0.1) is 5.82 Å². The van der Waals surface area contributed by atoms with Gasteiger partial charge in [0, 0.05) is 18.7 Å². The van der Waals surface area contributed by atoms with Gasteiger partial charge in [-0.2, -0.15) is 0 Å². The van der Waals surface area contributed by atoms with Crippen molar-refractivity contribution in [2.45, 2.75) is 0 Å². The number of ether oxygens (including phenoxy) is 1. The van der Waals surface area contributed by atoms with Gasteiger partial charge >= 0.3 is 0 Å². The van der Waals surface area contributed by atoms with Gasteiger partial charge in [-0.1, -0.05) is 24.3 Å². The van der Waals surface area contributed by atoms with Gasteiger partial charge < -0.3 is 15.4 Å². The molecule has 0 atom stereocenters. The molecule has 0 unspecified atom stereocenters. The first kappa shape index (κ1) is 14.5. The lowest BCUT2D eigenvalue weighted by Crippen LogP contribution is -2.36. The van der Waals surface area contributed by atoms with Gasteiger partial charge in [0.15, 0.2) is 0 Å². The van der Waals surface area contributed by atoms with E-state index in [0.717, 1.165) is 0 Å². The zero-order valence-electron chi connectivity index (χ0n) is 12.1. The number of anilines is 1. The third kappa shape index (κ3) is 2.80. The van der Waals surface area contributed by atoms with Gasteiger partial charge in [0.2, 0.25) is 5.91 Å². The molecule has 4 nitrogen and oxygen atoms in total. The molecular weight excluding hydrogens is 283 g/mol. The first-order valence-electron chi connectivity index (χ1n) is 7.18. The minimum Gasteiger partial charge on any atom is -0.378 e. The predicted molar refractivity (Wildman–Crippen MR) is 83.4 cm³/mol. The van der Waals surface area contributed by atoms with E-state index in [1.54, 1.807) is 30.3 Å². The number of carbonyl (C=O) groups excluding carboxylic acids is 1. The molecule has 2 aromatic rings. The smallest absolute Gasteiger partial charge is 0.249 e. The average molecular weight is 300 g/mol. The van der Waals surface area contributed by atoms with Crippen molar-refractivity contribution in [3.05, 3.63) is 53.8 Å². The molecule has 0 radical (unpaired) electrons. The minimum absolute atomic E-state index is 0.307. The molecule has 1 aliphatic heterocycles. The first-order valence-corrected chi connectivity index (χ1v) is 7.18. The fourth-order valence-electron chi connectivity index (χ4n) is 2.68. The fourth-order valence-corrected chi connectivity index (χ4v) is 2.68. The second kappa shape index (κ2) is 6.15. The number of hydrogen-bond acceptors (Lipinski definition) is 3. The van der Waals surface area contributed by atoms with E-state index in [1.807, 2.05) is 11.0 Å². The van der Waals surface area contributed by atoms with Crippen LogP contribution < -0.4 is 10.6 Å². The van der Waals surface area contributed by atoms with Crippen molar-refractivity contribution in [1.82, 2.24) is 0 Å². The van der Waals surface area contributed by atoms with Crippen molar-refractivity contribution < 1.29 is 13.9 Å². The molecule has 114 valence electrons. The van der Waals surface area contributed by atoms with Crippen molar-refractivity contribution in [3.63, 3.8) is 0 Å². The van der Waals surface area contributed by atoms with E-state index in [1.165, 1.54) is 6.07 Å². The van der Waals surface area contributed by atoms with E-state index < -0.39 is 5.91 Å². The molecule has 2 aromatic carbocycles. The number of benzene rings is 2. The molecule has 1 aliphatic rings. The molecule has 0 bridgehead atoms. The standard InChI is InChI=1S/C17H17FN2O2/c18-15-11-12(13-3-1-2-4-14(13)17(19)21)5-6-16(15)20-7-9-22-10-8-20/h1-6,11H,7-10H2,(H2,19,21). The van der Waals surface area contributed by atoms with E-state index >= 15 is 0 Å². The van der Waals surface area contributed by atoms with Gasteiger partial charge in [0.25, 0.3) is 0 Å². The van der Waals surface area contributed by atoms with E-state index in [-0.39, 0.29) is 5.82 Å². The largest absolute Gasteiger partial charge is 0.378 e. The second-order valence-corrected chi connectivity index (χ2v) is 5.18. The van der Waals surface area contributed by atoms with E-state index in [9.17, 15) is 9.18 Å². The molecule has 22 heavy (non-hydrogen) atoms.